The molecular formula is C16H23N3O2. The molecule has 0 bridgehead atoms. The first kappa shape index (κ1) is 15.5. The monoisotopic (exact) mass is 289 g/mol. The van der Waals surface area contributed by atoms with Crippen LogP contribution in [0.1, 0.15) is 31.7 Å². The summed E-state index contributed by atoms with van der Waals surface area (Å²) in [4.78, 5) is 25.4. The summed E-state index contributed by atoms with van der Waals surface area (Å²) >= 11 is 0. The van der Waals surface area contributed by atoms with Crippen molar-refractivity contribution >= 4 is 23.2 Å². The first-order valence-electron chi connectivity index (χ1n) is 7.45. The van der Waals surface area contributed by atoms with Gasteiger partial charge in [0.1, 0.15) is 0 Å². The molecule has 114 valence electrons. The van der Waals surface area contributed by atoms with Gasteiger partial charge in [-0.15, -0.1) is 0 Å². The molecule has 0 aromatic heterocycles. The molecule has 0 radical (unpaired) electrons. The van der Waals surface area contributed by atoms with Crippen molar-refractivity contribution in [1.82, 2.24) is 4.90 Å². The number of amides is 2. The summed E-state index contributed by atoms with van der Waals surface area (Å²) in [6, 6.07) is 5.52. The number of carbonyl (C=O) groups is 2. The number of hydrogen-bond donors (Lipinski definition) is 2. The quantitative estimate of drug-likeness (QED) is 0.894. The second kappa shape index (κ2) is 7.22. The summed E-state index contributed by atoms with van der Waals surface area (Å²) in [7, 11) is 0. The number of likely N-dealkylation sites (tertiary alicyclic amines) is 1. The molecule has 1 fully saturated rings. The summed E-state index contributed by atoms with van der Waals surface area (Å²) in [5, 5.41) is 5.67. The normalized spacial score (nSPS) is 15.5. The average Bonchev–Trinajstić information content (AvgIpc) is 2.43. The fourth-order valence-corrected chi connectivity index (χ4v) is 2.55. The lowest BCUT2D eigenvalue weighted by Crippen LogP contribution is -2.36. The van der Waals surface area contributed by atoms with E-state index in [4.69, 9.17) is 0 Å². The number of nitrogens with zero attached hydrogens (tertiary/aromatic N) is 1. The van der Waals surface area contributed by atoms with Crippen LogP contribution in [0.25, 0.3) is 0 Å². The smallest absolute Gasteiger partial charge is 0.238 e. The Morgan fingerprint density at radius 1 is 1.14 bits per heavy atom. The van der Waals surface area contributed by atoms with Gasteiger partial charge in [0.25, 0.3) is 0 Å². The van der Waals surface area contributed by atoms with Gasteiger partial charge < -0.3 is 10.6 Å². The summed E-state index contributed by atoms with van der Waals surface area (Å²) in [5.74, 6) is -0.121. The van der Waals surface area contributed by atoms with Gasteiger partial charge in [-0.3, -0.25) is 14.5 Å². The third-order valence-electron chi connectivity index (χ3n) is 3.65. The molecule has 2 rings (SSSR count). The number of piperidine rings is 1. The number of carbonyl (C=O) groups excluding carboxylic acids is 2. The van der Waals surface area contributed by atoms with E-state index in [1.54, 1.807) is 6.07 Å². The molecule has 1 aromatic carbocycles. The van der Waals surface area contributed by atoms with Crippen LogP contribution in [-0.4, -0.2) is 36.3 Å². The van der Waals surface area contributed by atoms with Gasteiger partial charge in [0.05, 0.1) is 6.54 Å². The molecule has 5 nitrogen and oxygen atoms in total. The van der Waals surface area contributed by atoms with Crippen LogP contribution in [0.3, 0.4) is 0 Å². The highest BCUT2D eigenvalue weighted by Crippen LogP contribution is 2.20. The van der Waals surface area contributed by atoms with Gasteiger partial charge in [-0.1, -0.05) is 12.5 Å². The van der Waals surface area contributed by atoms with Crippen molar-refractivity contribution in [3.05, 3.63) is 23.8 Å². The Kier molecular flexibility index (Phi) is 5.33. The molecule has 5 heteroatoms. The van der Waals surface area contributed by atoms with Gasteiger partial charge in [-0.2, -0.15) is 0 Å². The molecule has 0 atom stereocenters. The summed E-state index contributed by atoms with van der Waals surface area (Å²) in [5.41, 5.74) is 2.43. The zero-order valence-corrected chi connectivity index (χ0v) is 12.7. The van der Waals surface area contributed by atoms with Crippen molar-refractivity contribution in [2.24, 2.45) is 0 Å². The van der Waals surface area contributed by atoms with Crippen molar-refractivity contribution in [1.29, 1.82) is 0 Å². The summed E-state index contributed by atoms with van der Waals surface area (Å²) < 4.78 is 0. The van der Waals surface area contributed by atoms with E-state index in [9.17, 15) is 9.59 Å². The molecule has 21 heavy (non-hydrogen) atoms. The molecule has 0 saturated carbocycles. The van der Waals surface area contributed by atoms with Crippen LogP contribution in [0.15, 0.2) is 18.2 Å². The Balaban J connectivity index is 1.97. The lowest BCUT2D eigenvalue weighted by Gasteiger charge is -2.25. The molecule has 0 unspecified atom stereocenters. The predicted octanol–water partition coefficient (Wildman–Crippen LogP) is 2.38. The summed E-state index contributed by atoms with van der Waals surface area (Å²) in [6.07, 6.45) is 3.60. The van der Waals surface area contributed by atoms with Gasteiger partial charge in [0, 0.05) is 18.3 Å². The Morgan fingerprint density at radius 2 is 1.86 bits per heavy atom. The first-order chi connectivity index (χ1) is 10.0. The maximum Gasteiger partial charge on any atom is 0.238 e. The minimum Gasteiger partial charge on any atom is -0.326 e. The minimum atomic E-state index is -0.121. The van der Waals surface area contributed by atoms with Crippen molar-refractivity contribution in [2.75, 3.05) is 30.3 Å². The minimum absolute atomic E-state index is 0.0000231. The van der Waals surface area contributed by atoms with E-state index in [1.165, 1.54) is 26.2 Å². The predicted molar refractivity (Wildman–Crippen MR) is 84.4 cm³/mol. The van der Waals surface area contributed by atoms with Gasteiger partial charge >= 0.3 is 0 Å². The molecule has 1 aliphatic rings. The van der Waals surface area contributed by atoms with Crippen LogP contribution in [-0.2, 0) is 9.59 Å². The van der Waals surface area contributed by atoms with Gasteiger partial charge in [0.15, 0.2) is 0 Å². The van der Waals surface area contributed by atoms with E-state index in [0.717, 1.165) is 24.3 Å². The second-order valence-electron chi connectivity index (χ2n) is 5.60. The molecule has 1 aliphatic heterocycles. The lowest BCUT2D eigenvalue weighted by atomic mass is 10.1. The zero-order valence-electron chi connectivity index (χ0n) is 12.7. The van der Waals surface area contributed by atoms with E-state index in [1.807, 2.05) is 19.1 Å². The number of hydrogen-bond acceptors (Lipinski definition) is 3. The van der Waals surface area contributed by atoms with Crippen molar-refractivity contribution < 1.29 is 9.59 Å². The highest BCUT2D eigenvalue weighted by atomic mass is 16.2. The highest BCUT2D eigenvalue weighted by molar-refractivity contribution is 5.95. The van der Waals surface area contributed by atoms with Crippen LogP contribution in [0, 0.1) is 6.92 Å². The Morgan fingerprint density at radius 3 is 2.52 bits per heavy atom. The van der Waals surface area contributed by atoms with E-state index in [-0.39, 0.29) is 11.8 Å². The Bertz CT molecular complexity index is 522. The van der Waals surface area contributed by atoms with E-state index < -0.39 is 0 Å². The van der Waals surface area contributed by atoms with Crippen LogP contribution in [0.5, 0.6) is 0 Å². The number of nitrogens with one attached hydrogen (secondary N) is 2. The number of anilines is 2. The standard InChI is InChI=1S/C16H23N3O2/c1-12-6-7-14(17-13(2)20)10-15(12)18-16(21)11-19-8-4-3-5-9-19/h6-7,10H,3-5,8-9,11H2,1-2H3,(H,17,20)(H,18,21). The number of aryl methyl sites for hydroxylation is 1. The van der Waals surface area contributed by atoms with Crippen LogP contribution in [0.2, 0.25) is 0 Å². The molecule has 2 N–H and O–H groups in total. The van der Waals surface area contributed by atoms with Crippen LogP contribution >= 0.6 is 0 Å². The zero-order chi connectivity index (χ0) is 15.2. The highest BCUT2D eigenvalue weighted by Gasteiger charge is 2.14. The maximum absolute atomic E-state index is 12.1. The lowest BCUT2D eigenvalue weighted by molar-refractivity contribution is -0.117. The topological polar surface area (TPSA) is 61.4 Å². The maximum atomic E-state index is 12.1. The van der Waals surface area contributed by atoms with Crippen molar-refractivity contribution in [3.8, 4) is 0 Å². The third kappa shape index (κ3) is 4.86. The van der Waals surface area contributed by atoms with E-state index in [2.05, 4.69) is 15.5 Å². The Hall–Kier alpha value is -1.88. The molecule has 1 aromatic rings. The molecule has 0 spiro atoms. The van der Waals surface area contributed by atoms with E-state index >= 15 is 0 Å². The first-order valence-corrected chi connectivity index (χ1v) is 7.45. The second-order valence-corrected chi connectivity index (χ2v) is 5.60. The molecular weight excluding hydrogens is 266 g/mol. The fourth-order valence-electron chi connectivity index (χ4n) is 2.55. The molecule has 1 saturated heterocycles. The number of benzene rings is 1. The summed E-state index contributed by atoms with van der Waals surface area (Å²) in [6.45, 7) is 5.84. The van der Waals surface area contributed by atoms with Gasteiger partial charge in [-0.25, -0.2) is 0 Å². The van der Waals surface area contributed by atoms with Crippen LogP contribution in [0.4, 0.5) is 11.4 Å². The van der Waals surface area contributed by atoms with Gasteiger partial charge in [0.2, 0.25) is 11.8 Å². The van der Waals surface area contributed by atoms with Crippen molar-refractivity contribution in [3.63, 3.8) is 0 Å². The Labute approximate surface area is 125 Å². The average molecular weight is 289 g/mol. The largest absolute Gasteiger partial charge is 0.326 e. The molecule has 1 heterocycles. The van der Waals surface area contributed by atoms with Gasteiger partial charge in [-0.05, 0) is 50.6 Å². The van der Waals surface area contributed by atoms with Crippen LogP contribution < -0.4 is 10.6 Å². The number of rotatable bonds is 4. The van der Waals surface area contributed by atoms with Crippen molar-refractivity contribution in [2.45, 2.75) is 33.1 Å². The molecule has 0 aliphatic carbocycles. The third-order valence-corrected chi connectivity index (χ3v) is 3.65. The van der Waals surface area contributed by atoms with E-state index in [0.29, 0.717) is 12.2 Å². The fraction of sp³-hybridized carbons (Fsp3) is 0.500. The SMILES string of the molecule is CC(=O)Nc1ccc(C)c(NC(=O)CN2CCCCC2)c1. The molecule has 2 amide bonds.